The quantitative estimate of drug-likeness (QED) is 0.842. The van der Waals surface area contributed by atoms with E-state index in [0.29, 0.717) is 0 Å². The summed E-state index contributed by atoms with van der Waals surface area (Å²) in [5.74, 6) is 0. The van der Waals surface area contributed by atoms with E-state index >= 15 is 0 Å². The average Bonchev–Trinajstić information content (AvgIpc) is 2.82. The normalized spacial score (nSPS) is 12.7. The van der Waals surface area contributed by atoms with E-state index in [4.69, 9.17) is 10.7 Å². The van der Waals surface area contributed by atoms with Gasteiger partial charge in [-0.3, -0.25) is 0 Å². The summed E-state index contributed by atoms with van der Waals surface area (Å²) < 4.78 is 0. The fourth-order valence-corrected chi connectivity index (χ4v) is 3.32. The van der Waals surface area contributed by atoms with Gasteiger partial charge in [0.15, 0.2) is 0 Å². The molecule has 0 saturated carbocycles. The molecule has 1 heterocycles. The minimum Gasteiger partial charge on any atom is -0.399 e. The minimum atomic E-state index is 0.0459. The smallest absolute Gasteiger partial charge is 0.0988 e. The predicted molar refractivity (Wildman–Crippen MR) is 88.4 cm³/mol. The topological polar surface area (TPSA) is 38.9 Å². The van der Waals surface area contributed by atoms with Crippen LogP contribution >= 0.6 is 11.3 Å². The molecule has 0 atom stereocenters. The summed E-state index contributed by atoms with van der Waals surface area (Å²) in [5, 5.41) is 3.40. The van der Waals surface area contributed by atoms with Gasteiger partial charge in [0.05, 0.1) is 10.7 Å². The molecule has 0 radical (unpaired) electrons. The second-order valence-corrected chi connectivity index (χ2v) is 7.95. The van der Waals surface area contributed by atoms with Crippen LogP contribution in [0.2, 0.25) is 0 Å². The first-order valence-electron chi connectivity index (χ1n) is 6.99. The maximum atomic E-state index is 5.74. The first-order valence-corrected chi connectivity index (χ1v) is 7.87. The highest BCUT2D eigenvalue weighted by molar-refractivity contribution is 7.09. The molecule has 0 aliphatic heterocycles. The van der Waals surface area contributed by atoms with Crippen molar-refractivity contribution in [1.29, 1.82) is 0 Å². The Morgan fingerprint density at radius 2 is 1.65 bits per heavy atom. The van der Waals surface area contributed by atoms with Crippen LogP contribution in [0.1, 0.15) is 50.9 Å². The van der Waals surface area contributed by atoms with Gasteiger partial charge in [-0.25, -0.2) is 4.98 Å². The van der Waals surface area contributed by atoms with Crippen molar-refractivity contribution in [3.05, 3.63) is 45.9 Å². The summed E-state index contributed by atoms with van der Waals surface area (Å²) in [6, 6.07) is 8.15. The molecule has 2 aromatic rings. The Morgan fingerprint density at radius 1 is 1.05 bits per heavy atom. The number of nitrogen functional groups attached to an aromatic ring is 1. The number of anilines is 1. The number of aromatic nitrogens is 1. The number of hydrogen-bond acceptors (Lipinski definition) is 3. The van der Waals surface area contributed by atoms with Crippen LogP contribution in [0.3, 0.4) is 0 Å². The predicted octanol–water partition coefficient (Wildman–Crippen LogP) is 4.54. The van der Waals surface area contributed by atoms with Gasteiger partial charge in [0.25, 0.3) is 0 Å². The number of hydrogen-bond donors (Lipinski definition) is 1. The second-order valence-electron chi connectivity index (χ2n) is 7.09. The van der Waals surface area contributed by atoms with Crippen LogP contribution < -0.4 is 5.73 Å². The van der Waals surface area contributed by atoms with Crippen molar-refractivity contribution in [1.82, 2.24) is 4.98 Å². The molecular weight excluding hydrogens is 264 g/mol. The average molecular weight is 288 g/mol. The number of benzene rings is 1. The van der Waals surface area contributed by atoms with Crippen molar-refractivity contribution in [3.63, 3.8) is 0 Å². The van der Waals surface area contributed by atoms with E-state index in [1.165, 1.54) is 16.3 Å². The Kier molecular flexibility index (Phi) is 3.92. The third kappa shape index (κ3) is 3.40. The summed E-state index contributed by atoms with van der Waals surface area (Å²) in [5.41, 5.74) is 9.21. The van der Waals surface area contributed by atoms with Crippen molar-refractivity contribution in [2.45, 2.75) is 51.9 Å². The molecule has 0 spiro atoms. The molecule has 0 fully saturated rings. The molecule has 3 heteroatoms. The summed E-state index contributed by atoms with van der Waals surface area (Å²) in [6.45, 7) is 11.1. The fourth-order valence-electron chi connectivity index (χ4n) is 2.15. The van der Waals surface area contributed by atoms with Gasteiger partial charge < -0.3 is 5.73 Å². The SMILES string of the molecule is CC(C)(C)c1csc(C(C)(C)Cc2ccc(N)cc2)n1. The van der Waals surface area contributed by atoms with Gasteiger partial charge >= 0.3 is 0 Å². The summed E-state index contributed by atoms with van der Waals surface area (Å²) in [7, 11) is 0. The van der Waals surface area contributed by atoms with Gasteiger partial charge in [0, 0.05) is 21.9 Å². The summed E-state index contributed by atoms with van der Waals surface area (Å²) >= 11 is 1.77. The lowest BCUT2D eigenvalue weighted by atomic mass is 9.86. The molecule has 2 rings (SSSR count). The van der Waals surface area contributed by atoms with E-state index in [9.17, 15) is 0 Å². The van der Waals surface area contributed by atoms with Crippen LogP contribution in [-0.4, -0.2) is 4.98 Å². The highest BCUT2D eigenvalue weighted by Crippen LogP contribution is 2.33. The highest BCUT2D eigenvalue weighted by Gasteiger charge is 2.27. The molecule has 0 bridgehead atoms. The molecule has 2 nitrogen and oxygen atoms in total. The zero-order valence-electron chi connectivity index (χ0n) is 13.0. The van der Waals surface area contributed by atoms with E-state index in [1.807, 2.05) is 12.1 Å². The molecule has 20 heavy (non-hydrogen) atoms. The van der Waals surface area contributed by atoms with Crippen molar-refractivity contribution in [2.75, 3.05) is 5.73 Å². The largest absolute Gasteiger partial charge is 0.399 e. The second kappa shape index (κ2) is 5.21. The lowest BCUT2D eigenvalue weighted by molar-refractivity contribution is 0.507. The lowest BCUT2D eigenvalue weighted by Gasteiger charge is -2.22. The first-order chi connectivity index (χ1) is 9.18. The van der Waals surface area contributed by atoms with Gasteiger partial charge in [0.2, 0.25) is 0 Å². The Bertz CT molecular complexity index is 574. The molecule has 0 unspecified atom stereocenters. The first kappa shape index (κ1) is 15.0. The van der Waals surface area contributed by atoms with Gasteiger partial charge in [-0.1, -0.05) is 46.8 Å². The third-order valence-electron chi connectivity index (χ3n) is 3.48. The van der Waals surface area contributed by atoms with Crippen LogP contribution in [0.5, 0.6) is 0 Å². The molecule has 0 saturated heterocycles. The molecule has 1 aromatic heterocycles. The standard InChI is InChI=1S/C17H24N2S/c1-16(2,3)14-11-20-15(19-14)17(4,5)10-12-6-8-13(18)9-7-12/h6-9,11H,10,18H2,1-5H3. The zero-order chi connectivity index (χ0) is 15.0. The van der Waals surface area contributed by atoms with Crippen LogP contribution in [0.4, 0.5) is 5.69 Å². The Hall–Kier alpha value is -1.35. The number of nitrogens with zero attached hydrogens (tertiary/aromatic N) is 1. The molecule has 1 aromatic carbocycles. The van der Waals surface area contributed by atoms with Crippen molar-refractivity contribution in [2.24, 2.45) is 0 Å². The molecule has 2 N–H and O–H groups in total. The fraction of sp³-hybridized carbons (Fsp3) is 0.471. The number of thiazole rings is 1. The maximum absolute atomic E-state index is 5.74. The van der Waals surface area contributed by atoms with E-state index in [2.05, 4.69) is 52.1 Å². The lowest BCUT2D eigenvalue weighted by Crippen LogP contribution is -2.21. The van der Waals surface area contributed by atoms with Crippen molar-refractivity contribution < 1.29 is 0 Å². The molecule has 0 aliphatic carbocycles. The third-order valence-corrected chi connectivity index (χ3v) is 4.69. The van der Waals surface area contributed by atoms with E-state index in [-0.39, 0.29) is 10.8 Å². The van der Waals surface area contributed by atoms with Crippen LogP contribution in [0.25, 0.3) is 0 Å². The molecule has 108 valence electrons. The minimum absolute atomic E-state index is 0.0459. The van der Waals surface area contributed by atoms with Gasteiger partial charge in [-0.15, -0.1) is 11.3 Å². The monoisotopic (exact) mass is 288 g/mol. The summed E-state index contributed by atoms with van der Waals surface area (Å²) in [4.78, 5) is 4.86. The highest BCUT2D eigenvalue weighted by atomic mass is 32.1. The zero-order valence-corrected chi connectivity index (χ0v) is 13.8. The van der Waals surface area contributed by atoms with Gasteiger partial charge in [0.1, 0.15) is 0 Å². The van der Waals surface area contributed by atoms with Gasteiger partial charge in [-0.2, -0.15) is 0 Å². The van der Waals surface area contributed by atoms with E-state index in [1.54, 1.807) is 11.3 Å². The number of nitrogens with two attached hydrogens (primary N) is 1. The van der Waals surface area contributed by atoms with Crippen LogP contribution in [0, 0.1) is 0 Å². The van der Waals surface area contributed by atoms with Crippen molar-refractivity contribution in [3.8, 4) is 0 Å². The van der Waals surface area contributed by atoms with E-state index < -0.39 is 0 Å². The Labute approximate surface area is 126 Å². The van der Waals surface area contributed by atoms with Gasteiger partial charge in [-0.05, 0) is 24.1 Å². The van der Waals surface area contributed by atoms with Crippen LogP contribution in [-0.2, 0) is 17.3 Å². The van der Waals surface area contributed by atoms with E-state index in [0.717, 1.165) is 12.1 Å². The van der Waals surface area contributed by atoms with Crippen LogP contribution in [0.15, 0.2) is 29.6 Å². The summed E-state index contributed by atoms with van der Waals surface area (Å²) in [6.07, 6.45) is 0.977. The van der Waals surface area contributed by atoms with Crippen molar-refractivity contribution >= 4 is 17.0 Å². The number of rotatable bonds is 3. The molecule has 0 amide bonds. The Morgan fingerprint density at radius 3 is 2.15 bits per heavy atom. The molecular formula is C17H24N2S. The Balaban J connectivity index is 2.21. The maximum Gasteiger partial charge on any atom is 0.0988 e. The molecule has 0 aliphatic rings.